The standard InChI is InChI=1S/C16H28N2O4S/c1-6-7-10-23(19,20)17-12-14(18(2)3)13-8-9-15(21-4)16(11-13)22-5/h8-9,11,14,17H,6-7,10,12H2,1-5H3. The summed E-state index contributed by atoms with van der Waals surface area (Å²) in [4.78, 5) is 1.98. The largest absolute Gasteiger partial charge is 0.493 e. The number of methoxy groups -OCH3 is 2. The number of nitrogens with zero attached hydrogens (tertiary/aromatic N) is 1. The van der Waals surface area contributed by atoms with E-state index in [-0.39, 0.29) is 11.8 Å². The Morgan fingerprint density at radius 3 is 2.35 bits per heavy atom. The second-order valence-electron chi connectivity index (χ2n) is 5.61. The van der Waals surface area contributed by atoms with Gasteiger partial charge >= 0.3 is 0 Å². The van der Waals surface area contributed by atoms with E-state index in [0.29, 0.717) is 24.5 Å². The molecule has 1 atom stereocenters. The summed E-state index contributed by atoms with van der Waals surface area (Å²) < 4.78 is 37.3. The van der Waals surface area contributed by atoms with E-state index < -0.39 is 10.0 Å². The van der Waals surface area contributed by atoms with Crippen molar-refractivity contribution in [2.24, 2.45) is 0 Å². The first kappa shape index (κ1) is 19.7. The van der Waals surface area contributed by atoms with E-state index in [1.807, 2.05) is 44.1 Å². The molecule has 0 bridgehead atoms. The molecule has 0 spiro atoms. The van der Waals surface area contributed by atoms with E-state index in [1.165, 1.54) is 0 Å². The van der Waals surface area contributed by atoms with Gasteiger partial charge in [0.2, 0.25) is 10.0 Å². The lowest BCUT2D eigenvalue weighted by atomic mass is 10.1. The van der Waals surface area contributed by atoms with Crippen LogP contribution in [0.25, 0.3) is 0 Å². The van der Waals surface area contributed by atoms with Crippen molar-refractivity contribution in [3.05, 3.63) is 23.8 Å². The Bertz CT molecular complexity index is 588. The van der Waals surface area contributed by atoms with Gasteiger partial charge in [-0.2, -0.15) is 0 Å². The van der Waals surface area contributed by atoms with Crippen molar-refractivity contribution in [1.82, 2.24) is 9.62 Å². The van der Waals surface area contributed by atoms with Crippen LogP contribution in [0.3, 0.4) is 0 Å². The van der Waals surface area contributed by atoms with Gasteiger partial charge in [0.15, 0.2) is 11.5 Å². The Kier molecular flexibility index (Phi) is 7.81. The van der Waals surface area contributed by atoms with Crippen molar-refractivity contribution >= 4 is 10.0 Å². The summed E-state index contributed by atoms with van der Waals surface area (Å²) in [5.41, 5.74) is 0.964. The van der Waals surface area contributed by atoms with Crippen molar-refractivity contribution in [2.45, 2.75) is 25.8 Å². The van der Waals surface area contributed by atoms with Gasteiger partial charge < -0.3 is 14.4 Å². The fourth-order valence-corrected chi connectivity index (χ4v) is 3.50. The van der Waals surface area contributed by atoms with E-state index in [2.05, 4.69) is 4.72 Å². The van der Waals surface area contributed by atoms with Crippen molar-refractivity contribution in [3.8, 4) is 11.5 Å². The summed E-state index contributed by atoms with van der Waals surface area (Å²) in [6.07, 6.45) is 1.52. The molecule has 0 saturated heterocycles. The maximum Gasteiger partial charge on any atom is 0.211 e. The SMILES string of the molecule is CCCCS(=O)(=O)NCC(c1ccc(OC)c(OC)c1)N(C)C. The van der Waals surface area contributed by atoms with Crippen LogP contribution in [0.4, 0.5) is 0 Å². The molecular weight excluding hydrogens is 316 g/mol. The predicted octanol–water partition coefficient (Wildman–Crippen LogP) is 2.03. The minimum absolute atomic E-state index is 0.0915. The molecule has 0 amide bonds. The van der Waals surface area contributed by atoms with E-state index >= 15 is 0 Å². The third kappa shape index (κ3) is 6.01. The van der Waals surface area contributed by atoms with E-state index in [4.69, 9.17) is 9.47 Å². The van der Waals surface area contributed by atoms with E-state index in [0.717, 1.165) is 12.0 Å². The zero-order valence-electron chi connectivity index (χ0n) is 14.6. The third-order valence-corrected chi connectivity index (χ3v) is 5.11. The van der Waals surface area contributed by atoms with Gasteiger partial charge in [-0.05, 0) is 38.2 Å². The number of nitrogens with one attached hydrogen (secondary N) is 1. The lowest BCUT2D eigenvalue weighted by Crippen LogP contribution is -2.35. The van der Waals surface area contributed by atoms with Crippen LogP contribution in [0, 0.1) is 0 Å². The smallest absolute Gasteiger partial charge is 0.211 e. The van der Waals surface area contributed by atoms with Gasteiger partial charge in [0.25, 0.3) is 0 Å². The van der Waals surface area contributed by atoms with Crippen molar-refractivity contribution in [3.63, 3.8) is 0 Å². The zero-order valence-corrected chi connectivity index (χ0v) is 15.4. The van der Waals surface area contributed by atoms with Gasteiger partial charge in [-0.1, -0.05) is 19.4 Å². The van der Waals surface area contributed by atoms with Crippen LogP contribution in [-0.4, -0.2) is 53.9 Å². The van der Waals surface area contributed by atoms with Crippen LogP contribution in [0.15, 0.2) is 18.2 Å². The predicted molar refractivity (Wildman–Crippen MR) is 92.7 cm³/mol. The summed E-state index contributed by atoms with van der Waals surface area (Å²) in [5.74, 6) is 1.44. The fraction of sp³-hybridized carbons (Fsp3) is 0.625. The molecule has 0 fully saturated rings. The maximum absolute atomic E-state index is 12.0. The minimum atomic E-state index is -3.24. The van der Waals surface area contributed by atoms with Gasteiger partial charge in [0, 0.05) is 12.6 Å². The van der Waals surface area contributed by atoms with Crippen molar-refractivity contribution in [1.29, 1.82) is 0 Å². The molecule has 1 aromatic rings. The number of likely N-dealkylation sites (N-methyl/N-ethyl adjacent to an activating group) is 1. The van der Waals surface area contributed by atoms with Gasteiger partial charge in [-0.15, -0.1) is 0 Å². The number of unbranched alkanes of at least 4 members (excludes halogenated alkanes) is 1. The molecule has 1 aromatic carbocycles. The molecule has 0 aromatic heterocycles. The van der Waals surface area contributed by atoms with E-state index in [9.17, 15) is 8.42 Å². The first-order chi connectivity index (χ1) is 10.8. The van der Waals surface area contributed by atoms with Crippen LogP contribution in [0.2, 0.25) is 0 Å². The molecule has 132 valence electrons. The Labute approximate surface area is 139 Å². The molecular formula is C16H28N2O4S. The Balaban J connectivity index is 2.91. The van der Waals surface area contributed by atoms with Crippen LogP contribution in [0.5, 0.6) is 11.5 Å². The van der Waals surface area contributed by atoms with Crippen LogP contribution in [0.1, 0.15) is 31.4 Å². The van der Waals surface area contributed by atoms with Gasteiger partial charge in [0.05, 0.1) is 20.0 Å². The molecule has 0 aliphatic rings. The van der Waals surface area contributed by atoms with Crippen LogP contribution < -0.4 is 14.2 Å². The monoisotopic (exact) mass is 344 g/mol. The second kappa shape index (κ2) is 9.10. The quantitative estimate of drug-likeness (QED) is 0.703. The summed E-state index contributed by atoms with van der Waals surface area (Å²) in [6, 6.07) is 5.54. The number of rotatable bonds is 10. The van der Waals surface area contributed by atoms with Gasteiger partial charge in [-0.25, -0.2) is 13.1 Å². The number of hydrogen-bond acceptors (Lipinski definition) is 5. The lowest BCUT2D eigenvalue weighted by molar-refractivity contribution is 0.297. The highest BCUT2D eigenvalue weighted by Gasteiger charge is 2.19. The Morgan fingerprint density at radius 1 is 1.17 bits per heavy atom. The molecule has 1 unspecified atom stereocenters. The third-order valence-electron chi connectivity index (χ3n) is 3.68. The summed E-state index contributed by atoms with van der Waals surface area (Å²) in [6.45, 7) is 2.29. The number of hydrogen-bond donors (Lipinski definition) is 1. The van der Waals surface area contributed by atoms with E-state index in [1.54, 1.807) is 14.2 Å². The normalized spacial score (nSPS) is 13.1. The highest BCUT2D eigenvalue weighted by atomic mass is 32.2. The molecule has 0 aliphatic heterocycles. The summed E-state index contributed by atoms with van der Waals surface area (Å²) >= 11 is 0. The summed E-state index contributed by atoms with van der Waals surface area (Å²) in [5, 5.41) is 0. The van der Waals surface area contributed by atoms with Crippen LogP contribution in [-0.2, 0) is 10.0 Å². The lowest BCUT2D eigenvalue weighted by Gasteiger charge is -2.25. The Hall–Kier alpha value is -1.31. The number of sulfonamides is 1. The molecule has 0 heterocycles. The second-order valence-corrected chi connectivity index (χ2v) is 7.54. The first-order valence-corrected chi connectivity index (χ1v) is 9.35. The Morgan fingerprint density at radius 2 is 1.83 bits per heavy atom. The summed E-state index contributed by atoms with van der Waals surface area (Å²) in [7, 11) is 3.76. The van der Waals surface area contributed by atoms with Crippen LogP contribution >= 0.6 is 0 Å². The minimum Gasteiger partial charge on any atom is -0.493 e. The van der Waals surface area contributed by atoms with Gasteiger partial charge in [-0.3, -0.25) is 0 Å². The topological polar surface area (TPSA) is 67.9 Å². The van der Waals surface area contributed by atoms with Gasteiger partial charge in [0.1, 0.15) is 0 Å². The molecule has 7 heteroatoms. The maximum atomic E-state index is 12.0. The van der Waals surface area contributed by atoms with Crippen molar-refractivity contribution < 1.29 is 17.9 Å². The highest BCUT2D eigenvalue weighted by Crippen LogP contribution is 2.31. The average molecular weight is 344 g/mol. The average Bonchev–Trinajstić information content (AvgIpc) is 2.52. The zero-order chi connectivity index (χ0) is 17.5. The number of ether oxygens (including phenoxy) is 2. The highest BCUT2D eigenvalue weighted by molar-refractivity contribution is 7.89. The molecule has 0 aliphatic carbocycles. The van der Waals surface area contributed by atoms with Crippen molar-refractivity contribution in [2.75, 3.05) is 40.6 Å². The first-order valence-electron chi connectivity index (χ1n) is 7.70. The molecule has 1 rings (SSSR count). The fourth-order valence-electron chi connectivity index (χ4n) is 2.27. The molecule has 6 nitrogen and oxygen atoms in total. The molecule has 0 radical (unpaired) electrons. The molecule has 1 N–H and O–H groups in total. The molecule has 0 saturated carbocycles. The molecule has 23 heavy (non-hydrogen) atoms. The number of benzene rings is 1.